The number of hydrogen-bond donors (Lipinski definition) is 0. The minimum absolute atomic E-state index is 0.0688. The molecule has 0 bridgehead atoms. The van der Waals surface area contributed by atoms with E-state index in [1.54, 1.807) is 0 Å². The molecule has 0 aromatic rings. The van der Waals surface area contributed by atoms with Crippen LogP contribution in [0.2, 0.25) is 0 Å². The minimum Gasteiger partial charge on any atom is -0.462 e. The quantitative estimate of drug-likeness (QED) is 0.0261. The van der Waals surface area contributed by atoms with Gasteiger partial charge in [-0.05, 0) is 83.5 Å². The van der Waals surface area contributed by atoms with Gasteiger partial charge in [0, 0.05) is 19.3 Å². The zero-order chi connectivity index (χ0) is 57.8. The van der Waals surface area contributed by atoms with Crippen molar-refractivity contribution >= 4 is 17.9 Å². The lowest BCUT2D eigenvalue weighted by atomic mass is 10.0. The Bertz CT molecular complexity index is 1380. The van der Waals surface area contributed by atoms with E-state index in [-0.39, 0.29) is 31.1 Å². The first kappa shape index (κ1) is 77.4. The number of ether oxygens (including phenoxy) is 3. The topological polar surface area (TPSA) is 78.9 Å². The summed E-state index contributed by atoms with van der Waals surface area (Å²) in [6.45, 7) is 6.68. The maximum atomic E-state index is 12.9. The largest absolute Gasteiger partial charge is 0.462 e. The van der Waals surface area contributed by atoms with Crippen LogP contribution >= 0.6 is 0 Å². The lowest BCUT2D eigenvalue weighted by molar-refractivity contribution is -0.167. The fourth-order valence-electron chi connectivity index (χ4n) is 10.7. The molecule has 0 radical (unpaired) electrons. The second-order valence-electron chi connectivity index (χ2n) is 24.1. The van der Waals surface area contributed by atoms with Crippen LogP contribution in [0, 0.1) is 0 Å². The van der Waals surface area contributed by atoms with Gasteiger partial charge in [0.1, 0.15) is 13.2 Å². The van der Waals surface area contributed by atoms with Gasteiger partial charge in [0.15, 0.2) is 6.10 Å². The number of esters is 3. The predicted octanol–water partition coefficient (Wildman–Crippen LogP) is 24.5. The summed E-state index contributed by atoms with van der Waals surface area (Å²) in [7, 11) is 0. The standard InChI is InChI=1S/C74H136O6/c1-4-7-10-13-16-19-22-25-27-29-31-33-35-36-37-38-40-41-43-45-47-49-52-55-58-61-64-67-73(76)79-70-71(69-78-72(75)66-63-60-57-54-51-24-21-18-15-12-9-6-3)80-74(77)68-65-62-59-56-53-50-48-46-44-42-39-34-32-30-28-26-23-20-17-14-11-8-5-2/h22-23,25-26,29-32,71H,4-21,24,27-28,33-70H2,1-3H3/b25-22-,26-23-,31-29-,32-30-. The van der Waals surface area contributed by atoms with Crippen LogP contribution in [0.1, 0.15) is 387 Å². The Hall–Kier alpha value is -2.63. The van der Waals surface area contributed by atoms with E-state index in [0.29, 0.717) is 19.3 Å². The highest BCUT2D eigenvalue weighted by Crippen LogP contribution is 2.18. The van der Waals surface area contributed by atoms with Crippen LogP contribution in [0.5, 0.6) is 0 Å². The second kappa shape index (κ2) is 68.9. The van der Waals surface area contributed by atoms with E-state index in [4.69, 9.17) is 14.2 Å². The fourth-order valence-corrected chi connectivity index (χ4v) is 10.7. The van der Waals surface area contributed by atoms with Gasteiger partial charge in [-0.1, -0.05) is 333 Å². The van der Waals surface area contributed by atoms with Crippen molar-refractivity contribution in [3.05, 3.63) is 48.6 Å². The molecule has 1 atom stereocenters. The first-order valence-electron chi connectivity index (χ1n) is 35.6. The van der Waals surface area contributed by atoms with Gasteiger partial charge in [-0.15, -0.1) is 0 Å². The van der Waals surface area contributed by atoms with Crippen molar-refractivity contribution in [2.75, 3.05) is 13.2 Å². The average Bonchev–Trinajstić information content (AvgIpc) is 3.46. The molecule has 0 heterocycles. The molecule has 0 amide bonds. The molecule has 468 valence electrons. The molecule has 0 rings (SSSR count). The second-order valence-corrected chi connectivity index (χ2v) is 24.1. The van der Waals surface area contributed by atoms with Gasteiger partial charge in [0.05, 0.1) is 0 Å². The van der Waals surface area contributed by atoms with E-state index in [0.717, 1.165) is 70.6 Å². The van der Waals surface area contributed by atoms with Gasteiger partial charge >= 0.3 is 17.9 Å². The lowest BCUT2D eigenvalue weighted by Gasteiger charge is -2.18. The van der Waals surface area contributed by atoms with Gasteiger partial charge < -0.3 is 14.2 Å². The Morgan fingerprint density at radius 2 is 0.450 bits per heavy atom. The molecule has 0 saturated carbocycles. The predicted molar refractivity (Wildman–Crippen MR) is 349 cm³/mol. The van der Waals surface area contributed by atoms with Crippen LogP contribution in [-0.2, 0) is 28.6 Å². The first-order chi connectivity index (χ1) is 39.5. The average molecular weight is 1120 g/mol. The van der Waals surface area contributed by atoms with Crippen LogP contribution in [0.4, 0.5) is 0 Å². The lowest BCUT2D eigenvalue weighted by Crippen LogP contribution is -2.30. The highest BCUT2D eigenvalue weighted by atomic mass is 16.6. The molecule has 6 heteroatoms. The van der Waals surface area contributed by atoms with Crippen molar-refractivity contribution in [1.29, 1.82) is 0 Å². The molecule has 0 spiro atoms. The van der Waals surface area contributed by atoms with E-state index in [1.807, 2.05) is 0 Å². The number of allylic oxidation sites excluding steroid dienone is 8. The zero-order valence-electron chi connectivity index (χ0n) is 53.9. The Balaban J connectivity index is 4.21. The molecular formula is C74H136O6. The smallest absolute Gasteiger partial charge is 0.306 e. The van der Waals surface area contributed by atoms with Gasteiger partial charge in [-0.3, -0.25) is 14.4 Å². The van der Waals surface area contributed by atoms with Crippen LogP contribution in [0.15, 0.2) is 48.6 Å². The highest BCUT2D eigenvalue weighted by molar-refractivity contribution is 5.71. The molecule has 1 unspecified atom stereocenters. The maximum absolute atomic E-state index is 12.9. The van der Waals surface area contributed by atoms with Gasteiger partial charge in [0.25, 0.3) is 0 Å². The van der Waals surface area contributed by atoms with Crippen molar-refractivity contribution in [3.8, 4) is 0 Å². The number of rotatable bonds is 66. The summed E-state index contributed by atoms with van der Waals surface area (Å²) in [5.41, 5.74) is 0. The van der Waals surface area contributed by atoms with Crippen LogP contribution in [0.3, 0.4) is 0 Å². The molecular weight excluding hydrogens is 985 g/mol. The molecule has 0 N–H and O–H groups in total. The molecule has 0 aliphatic carbocycles. The third kappa shape index (κ3) is 66.2. The van der Waals surface area contributed by atoms with E-state index in [1.165, 1.54) is 276 Å². The molecule has 80 heavy (non-hydrogen) atoms. The van der Waals surface area contributed by atoms with E-state index in [9.17, 15) is 14.4 Å². The highest BCUT2D eigenvalue weighted by Gasteiger charge is 2.19. The van der Waals surface area contributed by atoms with Crippen LogP contribution < -0.4 is 0 Å². The normalized spacial score (nSPS) is 12.3. The molecule has 0 saturated heterocycles. The summed E-state index contributed by atoms with van der Waals surface area (Å²) in [5.74, 6) is -0.845. The monoisotopic (exact) mass is 1120 g/mol. The molecule has 0 aromatic heterocycles. The SMILES string of the molecule is CCCCCCC/C=C\C/C=C\CCCCCCCCCCCCCCCCCC(=O)OCC(COC(=O)CCCCCCCCCCCCCC)OC(=O)CCCCCCCCCCCCC/C=C\C/C=C\CCCCCCC. The third-order valence-electron chi connectivity index (χ3n) is 16.1. The van der Waals surface area contributed by atoms with Gasteiger partial charge in [-0.25, -0.2) is 0 Å². The summed E-state index contributed by atoms with van der Waals surface area (Å²) >= 11 is 0. The molecule has 0 fully saturated rings. The number of carbonyl (C=O) groups excluding carboxylic acids is 3. The van der Waals surface area contributed by atoms with Gasteiger partial charge in [-0.2, -0.15) is 0 Å². The summed E-state index contributed by atoms with van der Waals surface area (Å²) in [4.78, 5) is 38.4. The Morgan fingerprint density at radius 3 is 0.688 bits per heavy atom. The number of carbonyl (C=O) groups is 3. The number of hydrogen-bond acceptors (Lipinski definition) is 6. The fraction of sp³-hybridized carbons (Fsp3) is 0.851. The first-order valence-corrected chi connectivity index (χ1v) is 35.6. The summed E-state index contributed by atoms with van der Waals surface area (Å²) in [6, 6.07) is 0. The van der Waals surface area contributed by atoms with Crippen LogP contribution in [0.25, 0.3) is 0 Å². The van der Waals surface area contributed by atoms with Crippen molar-refractivity contribution in [2.24, 2.45) is 0 Å². The summed E-state index contributed by atoms with van der Waals surface area (Å²) in [6.07, 6.45) is 87.1. The Morgan fingerprint density at radius 1 is 0.250 bits per heavy atom. The van der Waals surface area contributed by atoms with E-state index >= 15 is 0 Å². The molecule has 6 nitrogen and oxygen atoms in total. The van der Waals surface area contributed by atoms with E-state index < -0.39 is 6.10 Å². The van der Waals surface area contributed by atoms with Crippen molar-refractivity contribution in [3.63, 3.8) is 0 Å². The zero-order valence-corrected chi connectivity index (χ0v) is 53.9. The third-order valence-corrected chi connectivity index (χ3v) is 16.1. The molecule has 0 aromatic carbocycles. The van der Waals surface area contributed by atoms with Crippen molar-refractivity contribution in [2.45, 2.75) is 393 Å². The Labute approximate surface area is 498 Å². The minimum atomic E-state index is -0.772. The van der Waals surface area contributed by atoms with Crippen molar-refractivity contribution in [1.82, 2.24) is 0 Å². The summed E-state index contributed by atoms with van der Waals surface area (Å²) < 4.78 is 17.0. The maximum Gasteiger partial charge on any atom is 0.306 e. The molecule has 0 aliphatic heterocycles. The van der Waals surface area contributed by atoms with E-state index in [2.05, 4.69) is 69.4 Å². The van der Waals surface area contributed by atoms with Crippen LogP contribution in [-0.4, -0.2) is 37.2 Å². The summed E-state index contributed by atoms with van der Waals surface area (Å²) in [5, 5.41) is 0. The van der Waals surface area contributed by atoms with Gasteiger partial charge in [0.2, 0.25) is 0 Å². The Kier molecular flexibility index (Phi) is 66.6. The van der Waals surface area contributed by atoms with Crippen molar-refractivity contribution < 1.29 is 28.6 Å². The molecule has 0 aliphatic rings. The number of unbranched alkanes of at least 4 members (excludes halogenated alkanes) is 47.